The molecule has 0 amide bonds. The van der Waals surface area contributed by atoms with Gasteiger partial charge in [0.15, 0.2) is 0 Å². The lowest BCUT2D eigenvalue weighted by atomic mass is 9.92. The van der Waals surface area contributed by atoms with E-state index >= 15 is 0 Å². The van der Waals surface area contributed by atoms with Gasteiger partial charge >= 0.3 is 5.97 Å². The Bertz CT molecular complexity index is 1040. The van der Waals surface area contributed by atoms with Crippen LogP contribution in [0.2, 0.25) is 0 Å². The van der Waals surface area contributed by atoms with E-state index in [9.17, 15) is 18.3 Å². The van der Waals surface area contributed by atoms with Gasteiger partial charge in [-0.05, 0) is 12.1 Å². The zero-order chi connectivity index (χ0) is 20.5. The number of pyridine rings is 1. The van der Waals surface area contributed by atoms with Crippen molar-refractivity contribution < 1.29 is 23.1 Å². The maximum Gasteiger partial charge on any atom is 0.325 e. The van der Waals surface area contributed by atoms with E-state index in [1.54, 1.807) is 0 Å². The van der Waals surface area contributed by atoms with Gasteiger partial charge in [0.05, 0.1) is 16.8 Å². The van der Waals surface area contributed by atoms with Gasteiger partial charge in [0.1, 0.15) is 5.54 Å². The highest BCUT2D eigenvalue weighted by Crippen LogP contribution is 2.30. The number of carboxylic acids is 1. The molecule has 1 saturated heterocycles. The monoisotopic (exact) mass is 427 g/mol. The minimum absolute atomic E-state index is 0.0284. The molecule has 0 aliphatic carbocycles. The van der Waals surface area contributed by atoms with Crippen molar-refractivity contribution in [1.82, 2.24) is 9.71 Å². The fourth-order valence-corrected chi connectivity index (χ4v) is 4.58. The lowest BCUT2D eigenvalue weighted by Crippen LogP contribution is -2.57. The third kappa shape index (κ3) is 3.74. The summed E-state index contributed by atoms with van der Waals surface area (Å²) >= 11 is 5.97. The van der Waals surface area contributed by atoms with Crippen LogP contribution in [0.3, 0.4) is 0 Å². The molecular weight excluding hydrogens is 410 g/mol. The number of benzene rings is 1. The van der Waals surface area contributed by atoms with Gasteiger partial charge in [-0.15, -0.1) is 0 Å². The van der Waals surface area contributed by atoms with Gasteiger partial charge in [-0.3, -0.25) is 15.2 Å². The molecule has 10 nitrogen and oxygen atoms in total. The first-order chi connectivity index (χ1) is 13.2. The van der Waals surface area contributed by atoms with E-state index in [0.29, 0.717) is 16.5 Å². The van der Waals surface area contributed by atoms with Crippen LogP contribution in [0.15, 0.2) is 35.5 Å². The molecule has 1 aromatic carbocycles. The highest BCUT2D eigenvalue weighted by Gasteiger charge is 2.43. The third-order valence-corrected chi connectivity index (χ3v) is 6.43. The summed E-state index contributed by atoms with van der Waals surface area (Å²) < 4.78 is 34.1. The number of aromatic nitrogens is 1. The minimum Gasteiger partial charge on any atom is -0.480 e. The molecular formula is C16H18ClN5O5S. The second-order valence-corrected chi connectivity index (χ2v) is 8.33. The number of halogens is 1. The molecule has 1 aromatic heterocycles. The van der Waals surface area contributed by atoms with Crippen molar-refractivity contribution in [3.63, 3.8) is 0 Å². The largest absolute Gasteiger partial charge is 0.480 e. The number of ether oxygens (including phenoxy) is 1. The average Bonchev–Trinajstić information content (AvgIpc) is 2.66. The Morgan fingerprint density at radius 2 is 2.04 bits per heavy atom. The molecule has 0 atom stereocenters. The van der Waals surface area contributed by atoms with E-state index in [1.165, 1.54) is 30.6 Å². The Hall–Kier alpha value is -2.47. The van der Waals surface area contributed by atoms with Gasteiger partial charge in [0.2, 0.25) is 16.0 Å². The van der Waals surface area contributed by atoms with Crippen LogP contribution in [0, 0.1) is 5.41 Å². The van der Waals surface area contributed by atoms with E-state index in [1.807, 2.05) is 0 Å². The standard InChI is InChI=1S/C16H18ClN5O5S/c17-22(15(18)19)13-9-20-8-10-7-11(1-2-12(10)13)28(25,26)21-16(14(23)24)3-5-27-6-4-16/h1-2,7-9,21H,3-6H2,(H3,18,19)(H,23,24). The van der Waals surface area contributed by atoms with E-state index in [2.05, 4.69) is 9.71 Å². The van der Waals surface area contributed by atoms with Gasteiger partial charge < -0.3 is 15.6 Å². The quantitative estimate of drug-likeness (QED) is 0.312. The maximum absolute atomic E-state index is 12.9. The molecule has 28 heavy (non-hydrogen) atoms. The highest BCUT2D eigenvalue weighted by atomic mass is 35.5. The first-order valence-electron chi connectivity index (χ1n) is 8.19. The smallest absolute Gasteiger partial charge is 0.325 e. The number of fused-ring (bicyclic) bond motifs is 1. The Morgan fingerprint density at radius 1 is 1.36 bits per heavy atom. The molecule has 12 heteroatoms. The molecule has 2 aromatic rings. The van der Waals surface area contributed by atoms with Crippen molar-refractivity contribution in [1.29, 1.82) is 5.41 Å². The number of nitrogens with one attached hydrogen (secondary N) is 2. The number of carboxylic acid groups (broad SMARTS) is 1. The Morgan fingerprint density at radius 3 is 2.64 bits per heavy atom. The second kappa shape index (κ2) is 7.51. The van der Waals surface area contributed by atoms with Gasteiger partial charge in [0, 0.05) is 54.8 Å². The van der Waals surface area contributed by atoms with Crippen molar-refractivity contribution in [2.24, 2.45) is 5.73 Å². The summed E-state index contributed by atoms with van der Waals surface area (Å²) in [6.45, 7) is 0.298. The number of aliphatic carboxylic acids is 1. The summed E-state index contributed by atoms with van der Waals surface area (Å²) in [7, 11) is -4.13. The zero-order valence-corrected chi connectivity index (χ0v) is 16.1. The number of anilines is 1. The lowest BCUT2D eigenvalue weighted by molar-refractivity contribution is -0.147. The van der Waals surface area contributed by atoms with Crippen LogP contribution >= 0.6 is 11.8 Å². The number of hydrogen-bond acceptors (Lipinski definition) is 6. The van der Waals surface area contributed by atoms with E-state index in [4.69, 9.17) is 27.7 Å². The van der Waals surface area contributed by atoms with Crippen LogP contribution in [0.25, 0.3) is 10.8 Å². The Kier molecular flexibility index (Phi) is 5.44. The van der Waals surface area contributed by atoms with E-state index in [0.717, 1.165) is 4.42 Å². The molecule has 0 saturated carbocycles. The number of carbonyl (C=O) groups is 1. The van der Waals surface area contributed by atoms with Gasteiger partial charge in [-0.1, -0.05) is 6.07 Å². The highest BCUT2D eigenvalue weighted by molar-refractivity contribution is 7.89. The van der Waals surface area contributed by atoms with Crippen LogP contribution in [0.1, 0.15) is 12.8 Å². The molecule has 3 rings (SSSR count). The predicted octanol–water partition coefficient (Wildman–Crippen LogP) is 1.00. The first-order valence-corrected chi connectivity index (χ1v) is 10.0. The number of guanidine groups is 1. The molecule has 0 unspecified atom stereocenters. The summed E-state index contributed by atoms with van der Waals surface area (Å²) in [5.74, 6) is -1.67. The molecule has 1 aliphatic heterocycles. The van der Waals surface area contributed by atoms with Crippen LogP contribution in [0.4, 0.5) is 5.69 Å². The molecule has 2 heterocycles. The molecule has 0 bridgehead atoms. The van der Waals surface area contributed by atoms with Crippen molar-refractivity contribution >= 4 is 50.2 Å². The fraction of sp³-hybridized carbons (Fsp3) is 0.312. The summed E-state index contributed by atoms with van der Waals surface area (Å²) in [5.41, 5.74) is 4.08. The van der Waals surface area contributed by atoms with Crippen molar-refractivity contribution in [2.75, 3.05) is 17.6 Å². The molecule has 1 fully saturated rings. The van der Waals surface area contributed by atoms with Crippen molar-refractivity contribution in [3.05, 3.63) is 30.6 Å². The van der Waals surface area contributed by atoms with E-state index < -0.39 is 27.5 Å². The summed E-state index contributed by atoms with van der Waals surface area (Å²) in [6.07, 6.45) is 2.88. The number of rotatable bonds is 5. The second-order valence-electron chi connectivity index (χ2n) is 6.31. The molecule has 0 spiro atoms. The number of nitrogens with zero attached hydrogens (tertiary/aromatic N) is 2. The molecule has 0 radical (unpaired) electrons. The maximum atomic E-state index is 12.9. The summed E-state index contributed by atoms with van der Waals surface area (Å²) in [5, 5.41) is 18.0. The molecule has 150 valence electrons. The molecule has 1 aliphatic rings. The number of sulfonamides is 1. The van der Waals surface area contributed by atoms with Crippen LogP contribution in [-0.2, 0) is 19.6 Å². The average molecular weight is 428 g/mol. The topological polar surface area (TPSA) is 159 Å². The summed E-state index contributed by atoms with van der Waals surface area (Å²) in [4.78, 5) is 15.6. The normalized spacial score (nSPS) is 16.6. The van der Waals surface area contributed by atoms with Gasteiger partial charge in [-0.2, -0.15) is 4.72 Å². The number of nitrogens with two attached hydrogens (primary N) is 1. The van der Waals surface area contributed by atoms with Crippen molar-refractivity contribution in [3.8, 4) is 0 Å². The van der Waals surface area contributed by atoms with Crippen LogP contribution in [-0.4, -0.2) is 49.2 Å². The SMILES string of the molecule is N=C(N)N(Cl)c1cncc2cc(S(=O)(=O)NC3(C(=O)O)CCOCC3)ccc12. The zero-order valence-electron chi connectivity index (χ0n) is 14.6. The van der Waals surface area contributed by atoms with Gasteiger partial charge in [-0.25, -0.2) is 12.8 Å². The Balaban J connectivity index is 2.01. The minimum atomic E-state index is -4.13. The van der Waals surface area contributed by atoms with Crippen LogP contribution in [0.5, 0.6) is 0 Å². The first kappa shape index (κ1) is 20.3. The number of hydrogen-bond donors (Lipinski definition) is 4. The summed E-state index contributed by atoms with van der Waals surface area (Å²) in [6, 6.07) is 4.18. The third-order valence-electron chi connectivity index (χ3n) is 4.53. The lowest BCUT2D eigenvalue weighted by Gasteiger charge is -2.33. The predicted molar refractivity (Wildman–Crippen MR) is 103 cm³/mol. The Labute approximate surface area is 165 Å². The fourth-order valence-electron chi connectivity index (χ4n) is 2.99. The van der Waals surface area contributed by atoms with E-state index in [-0.39, 0.29) is 31.0 Å². The molecule has 5 N–H and O–H groups in total. The van der Waals surface area contributed by atoms with Crippen molar-refractivity contribution in [2.45, 2.75) is 23.3 Å². The van der Waals surface area contributed by atoms with Gasteiger partial charge in [0.25, 0.3) is 0 Å². The van der Waals surface area contributed by atoms with Crippen LogP contribution < -0.4 is 14.9 Å².